The van der Waals surface area contributed by atoms with Crippen LogP contribution < -0.4 is 16.0 Å². The van der Waals surface area contributed by atoms with Gasteiger partial charge in [-0.1, -0.05) is 30.3 Å². The molecule has 0 spiro atoms. The molecule has 0 unspecified atom stereocenters. The highest BCUT2D eigenvalue weighted by atomic mass is 16.2. The first-order valence-corrected chi connectivity index (χ1v) is 6.09. The first kappa shape index (κ1) is 12.4. The number of carbonyl (C=O) groups is 2. The summed E-state index contributed by atoms with van der Waals surface area (Å²) in [5.74, 6) is 0.0535. The Morgan fingerprint density at radius 1 is 1.33 bits per heavy atom. The van der Waals surface area contributed by atoms with Gasteiger partial charge >= 0.3 is 6.03 Å². The summed E-state index contributed by atoms with van der Waals surface area (Å²) >= 11 is 0. The summed E-state index contributed by atoms with van der Waals surface area (Å²) in [4.78, 5) is 22.6. The molecule has 5 nitrogen and oxygen atoms in total. The third-order valence-electron chi connectivity index (χ3n) is 2.90. The van der Waals surface area contributed by atoms with E-state index in [9.17, 15) is 9.59 Å². The van der Waals surface area contributed by atoms with Gasteiger partial charge in [-0.15, -0.1) is 0 Å². The molecule has 0 saturated carbocycles. The largest absolute Gasteiger partial charge is 0.354 e. The molecular formula is C13H17N3O2. The van der Waals surface area contributed by atoms with Crippen LogP contribution in [0, 0.1) is 0 Å². The molecular weight excluding hydrogens is 230 g/mol. The second-order valence-electron chi connectivity index (χ2n) is 4.35. The van der Waals surface area contributed by atoms with Crippen LogP contribution in [0.15, 0.2) is 30.3 Å². The molecule has 1 aliphatic heterocycles. The van der Waals surface area contributed by atoms with E-state index in [1.165, 1.54) is 0 Å². The fraction of sp³-hybridized carbons (Fsp3) is 0.385. The van der Waals surface area contributed by atoms with Crippen LogP contribution in [0.5, 0.6) is 0 Å². The lowest BCUT2D eigenvalue weighted by Crippen LogP contribution is -2.50. The van der Waals surface area contributed by atoms with Crippen molar-refractivity contribution >= 4 is 11.9 Å². The maximum atomic E-state index is 11.6. The predicted molar refractivity (Wildman–Crippen MR) is 67.8 cm³/mol. The van der Waals surface area contributed by atoms with E-state index < -0.39 is 0 Å². The van der Waals surface area contributed by atoms with E-state index in [1.54, 1.807) is 0 Å². The Morgan fingerprint density at radius 3 is 2.78 bits per heavy atom. The van der Waals surface area contributed by atoms with Crippen LogP contribution in [-0.4, -0.2) is 24.5 Å². The first-order valence-electron chi connectivity index (χ1n) is 6.09. The van der Waals surface area contributed by atoms with Gasteiger partial charge < -0.3 is 16.0 Å². The summed E-state index contributed by atoms with van der Waals surface area (Å²) < 4.78 is 0. The van der Waals surface area contributed by atoms with Crippen molar-refractivity contribution in [3.05, 3.63) is 35.9 Å². The van der Waals surface area contributed by atoms with Crippen molar-refractivity contribution in [1.82, 2.24) is 16.0 Å². The minimum atomic E-state index is -0.194. The number of amides is 3. The lowest BCUT2D eigenvalue weighted by atomic mass is 10.1. The highest BCUT2D eigenvalue weighted by Gasteiger charge is 2.19. The van der Waals surface area contributed by atoms with Gasteiger partial charge in [0.05, 0.1) is 0 Å². The molecule has 0 aromatic heterocycles. The highest BCUT2D eigenvalue weighted by molar-refractivity contribution is 5.78. The molecule has 0 aliphatic carbocycles. The topological polar surface area (TPSA) is 70.2 Å². The number of hydrogen-bond acceptors (Lipinski definition) is 2. The Morgan fingerprint density at radius 2 is 2.11 bits per heavy atom. The maximum absolute atomic E-state index is 11.6. The van der Waals surface area contributed by atoms with Gasteiger partial charge in [0.15, 0.2) is 0 Å². The Bertz CT molecular complexity index is 410. The zero-order valence-corrected chi connectivity index (χ0v) is 10.1. The van der Waals surface area contributed by atoms with Gasteiger partial charge in [0, 0.05) is 25.6 Å². The molecule has 0 bridgehead atoms. The van der Waals surface area contributed by atoms with Crippen LogP contribution in [0.3, 0.4) is 0 Å². The lowest BCUT2D eigenvalue weighted by Gasteiger charge is -2.23. The standard InChI is InChI=1S/C13H17N3O2/c17-12-7-6-11(9-14-12)16-13(18)15-8-10-4-2-1-3-5-10/h1-5,11H,6-9H2,(H,14,17)(H2,15,16,18)/t11-/m1/s1. The zero-order chi connectivity index (χ0) is 12.8. The second-order valence-corrected chi connectivity index (χ2v) is 4.35. The van der Waals surface area contributed by atoms with E-state index in [0.29, 0.717) is 25.9 Å². The normalized spacial score (nSPS) is 18.9. The van der Waals surface area contributed by atoms with Crippen molar-refractivity contribution in [2.75, 3.05) is 6.54 Å². The Kier molecular flexibility index (Phi) is 4.17. The average molecular weight is 247 g/mol. The SMILES string of the molecule is O=C1CC[C@@H](NC(=O)NCc2ccccc2)CN1. The molecule has 1 saturated heterocycles. The number of piperidine rings is 1. The van der Waals surface area contributed by atoms with Crippen LogP contribution in [-0.2, 0) is 11.3 Å². The fourth-order valence-electron chi connectivity index (χ4n) is 1.87. The minimum Gasteiger partial charge on any atom is -0.354 e. The third-order valence-corrected chi connectivity index (χ3v) is 2.90. The molecule has 1 aromatic rings. The number of carbonyl (C=O) groups excluding carboxylic acids is 2. The number of hydrogen-bond donors (Lipinski definition) is 3. The molecule has 2 rings (SSSR count). The van der Waals surface area contributed by atoms with Crippen LogP contribution >= 0.6 is 0 Å². The summed E-state index contributed by atoms with van der Waals surface area (Å²) in [6, 6.07) is 9.56. The van der Waals surface area contributed by atoms with E-state index in [-0.39, 0.29) is 18.0 Å². The van der Waals surface area contributed by atoms with Gasteiger partial charge in [0.2, 0.25) is 5.91 Å². The summed E-state index contributed by atoms with van der Waals surface area (Å²) in [6.07, 6.45) is 1.17. The Labute approximate surface area is 106 Å². The lowest BCUT2D eigenvalue weighted by molar-refractivity contribution is -0.122. The van der Waals surface area contributed by atoms with Gasteiger partial charge in [0.25, 0.3) is 0 Å². The molecule has 1 aliphatic rings. The van der Waals surface area contributed by atoms with Crippen molar-refractivity contribution in [3.63, 3.8) is 0 Å². The molecule has 1 atom stereocenters. The molecule has 96 valence electrons. The van der Waals surface area contributed by atoms with Crippen molar-refractivity contribution in [1.29, 1.82) is 0 Å². The van der Waals surface area contributed by atoms with Crippen LogP contribution in [0.1, 0.15) is 18.4 Å². The zero-order valence-electron chi connectivity index (χ0n) is 10.1. The fourth-order valence-corrected chi connectivity index (χ4v) is 1.87. The maximum Gasteiger partial charge on any atom is 0.315 e. The van der Waals surface area contributed by atoms with E-state index in [0.717, 1.165) is 5.56 Å². The van der Waals surface area contributed by atoms with Crippen molar-refractivity contribution in [2.45, 2.75) is 25.4 Å². The first-order chi connectivity index (χ1) is 8.74. The monoisotopic (exact) mass is 247 g/mol. The summed E-state index contributed by atoms with van der Waals surface area (Å²) in [5, 5.41) is 8.37. The molecule has 18 heavy (non-hydrogen) atoms. The summed E-state index contributed by atoms with van der Waals surface area (Å²) in [5.41, 5.74) is 1.06. The smallest absolute Gasteiger partial charge is 0.315 e. The number of rotatable bonds is 3. The number of urea groups is 1. The second kappa shape index (κ2) is 6.05. The van der Waals surface area contributed by atoms with E-state index in [1.807, 2.05) is 30.3 Å². The Hall–Kier alpha value is -2.04. The molecule has 5 heteroatoms. The Balaban J connectivity index is 1.71. The van der Waals surface area contributed by atoms with Gasteiger partial charge in [-0.2, -0.15) is 0 Å². The molecule has 1 fully saturated rings. The number of nitrogens with one attached hydrogen (secondary N) is 3. The van der Waals surface area contributed by atoms with Crippen molar-refractivity contribution < 1.29 is 9.59 Å². The summed E-state index contributed by atoms with van der Waals surface area (Å²) in [6.45, 7) is 1.02. The van der Waals surface area contributed by atoms with E-state index in [2.05, 4.69) is 16.0 Å². The summed E-state index contributed by atoms with van der Waals surface area (Å²) in [7, 11) is 0. The van der Waals surface area contributed by atoms with Crippen LogP contribution in [0.2, 0.25) is 0 Å². The quantitative estimate of drug-likeness (QED) is 0.738. The van der Waals surface area contributed by atoms with Crippen molar-refractivity contribution in [2.24, 2.45) is 0 Å². The van der Waals surface area contributed by atoms with Gasteiger partial charge in [0.1, 0.15) is 0 Å². The molecule has 1 aromatic carbocycles. The molecule has 3 N–H and O–H groups in total. The predicted octanol–water partition coefficient (Wildman–Crippen LogP) is 0.764. The van der Waals surface area contributed by atoms with Crippen LogP contribution in [0.25, 0.3) is 0 Å². The average Bonchev–Trinajstić information content (AvgIpc) is 2.40. The number of benzene rings is 1. The van der Waals surface area contributed by atoms with Gasteiger partial charge in [-0.05, 0) is 12.0 Å². The van der Waals surface area contributed by atoms with Crippen LogP contribution in [0.4, 0.5) is 4.79 Å². The third kappa shape index (κ3) is 3.76. The highest BCUT2D eigenvalue weighted by Crippen LogP contribution is 2.02. The van der Waals surface area contributed by atoms with Gasteiger partial charge in [-0.25, -0.2) is 4.79 Å². The van der Waals surface area contributed by atoms with Crippen molar-refractivity contribution in [3.8, 4) is 0 Å². The molecule has 0 radical (unpaired) electrons. The molecule has 1 heterocycles. The van der Waals surface area contributed by atoms with E-state index >= 15 is 0 Å². The van der Waals surface area contributed by atoms with Gasteiger partial charge in [-0.3, -0.25) is 4.79 Å². The molecule has 3 amide bonds. The minimum absolute atomic E-state index is 0.0264. The van der Waals surface area contributed by atoms with E-state index in [4.69, 9.17) is 0 Å².